The summed E-state index contributed by atoms with van der Waals surface area (Å²) in [4.78, 5) is 1.10. The Morgan fingerprint density at radius 2 is 2.25 bits per heavy atom. The highest BCUT2D eigenvalue weighted by Gasteiger charge is 2.60. The van der Waals surface area contributed by atoms with Gasteiger partial charge in [-0.25, -0.2) is 0 Å². The first-order valence-corrected chi connectivity index (χ1v) is 6.71. The minimum absolute atomic E-state index is 0.0829. The van der Waals surface area contributed by atoms with Gasteiger partial charge in [0.05, 0.1) is 5.69 Å². The Labute approximate surface area is 115 Å². The lowest BCUT2D eigenvalue weighted by Crippen LogP contribution is -2.50. The second kappa shape index (κ2) is 4.74. The van der Waals surface area contributed by atoms with Crippen LogP contribution in [0.3, 0.4) is 0 Å². The number of nitrogens with one attached hydrogen (secondary N) is 1. The molecule has 7 nitrogen and oxygen atoms in total. The molecule has 20 heavy (non-hydrogen) atoms. The molecule has 0 saturated carbocycles. The van der Waals surface area contributed by atoms with Gasteiger partial charge in [-0.3, -0.25) is 5.32 Å². The van der Waals surface area contributed by atoms with Crippen LogP contribution in [-0.2, 0) is 12.1 Å². The normalized spacial score (nSPS) is 23.4. The van der Waals surface area contributed by atoms with E-state index in [-0.39, 0.29) is 25.3 Å². The van der Waals surface area contributed by atoms with Gasteiger partial charge in [-0.05, 0) is 36.1 Å². The average Bonchev–Trinajstić information content (AvgIpc) is 3.08. The number of aromatic nitrogens is 6. The van der Waals surface area contributed by atoms with Gasteiger partial charge >= 0.3 is 6.18 Å². The number of tetrazole rings is 1. The molecular weight excluding hydrogens is 295 g/mol. The number of nitrogens with zero attached hydrogens (tertiary/aromatic N) is 6. The smallest absolute Gasteiger partial charge is 0.297 e. The summed E-state index contributed by atoms with van der Waals surface area (Å²) in [5.41, 5.74) is -1.61. The standard InChI is InChI=1S/C9H10F3N7S/c10-9(11,12)8(2-1-3-13-8)7-15-17-19(16-7)4-6-5-20-18-14-6/h5,13H,1-4H2. The van der Waals surface area contributed by atoms with Crippen LogP contribution in [0.4, 0.5) is 13.2 Å². The van der Waals surface area contributed by atoms with Crippen molar-refractivity contribution >= 4 is 11.5 Å². The summed E-state index contributed by atoms with van der Waals surface area (Å²) in [5, 5.41) is 19.0. The van der Waals surface area contributed by atoms with E-state index in [1.54, 1.807) is 5.38 Å². The number of rotatable bonds is 3. The van der Waals surface area contributed by atoms with Gasteiger partial charge in [0.15, 0.2) is 5.54 Å². The molecule has 0 amide bonds. The molecule has 3 heterocycles. The lowest BCUT2D eigenvalue weighted by atomic mass is 9.96. The van der Waals surface area contributed by atoms with E-state index in [1.165, 1.54) is 0 Å². The highest BCUT2D eigenvalue weighted by Crippen LogP contribution is 2.43. The van der Waals surface area contributed by atoms with Crippen LogP contribution in [0.15, 0.2) is 5.38 Å². The fourth-order valence-corrected chi connectivity index (χ4v) is 2.62. The van der Waals surface area contributed by atoms with Crippen molar-refractivity contribution < 1.29 is 13.2 Å². The third kappa shape index (κ3) is 2.16. The minimum atomic E-state index is -4.46. The molecule has 1 unspecified atom stereocenters. The van der Waals surface area contributed by atoms with Gasteiger partial charge < -0.3 is 0 Å². The fourth-order valence-electron chi connectivity index (χ4n) is 2.18. The molecule has 2 aromatic heterocycles. The van der Waals surface area contributed by atoms with Gasteiger partial charge in [0, 0.05) is 5.38 Å². The molecule has 0 radical (unpaired) electrons. The van der Waals surface area contributed by atoms with Crippen LogP contribution in [0.2, 0.25) is 0 Å². The van der Waals surface area contributed by atoms with Crippen molar-refractivity contribution in [3.8, 4) is 0 Å². The van der Waals surface area contributed by atoms with Gasteiger partial charge in [-0.2, -0.15) is 18.0 Å². The van der Waals surface area contributed by atoms with E-state index in [9.17, 15) is 13.2 Å². The molecular formula is C9H10F3N7S. The molecule has 0 aliphatic carbocycles. The number of hydrogen-bond acceptors (Lipinski definition) is 7. The second-order valence-electron chi connectivity index (χ2n) is 4.47. The number of hydrogen-bond donors (Lipinski definition) is 1. The second-order valence-corrected chi connectivity index (χ2v) is 5.08. The first-order chi connectivity index (χ1) is 9.51. The Hall–Kier alpha value is -1.62. The van der Waals surface area contributed by atoms with E-state index in [4.69, 9.17) is 0 Å². The zero-order chi connectivity index (χ0) is 14.2. The van der Waals surface area contributed by atoms with Crippen LogP contribution in [0.25, 0.3) is 0 Å². The maximum Gasteiger partial charge on any atom is 0.414 e. The Kier molecular flexibility index (Phi) is 3.17. The first kappa shape index (κ1) is 13.4. The Balaban J connectivity index is 1.88. The molecule has 0 bridgehead atoms. The van der Waals surface area contributed by atoms with Crippen molar-refractivity contribution in [2.75, 3.05) is 6.54 Å². The first-order valence-electron chi connectivity index (χ1n) is 5.87. The van der Waals surface area contributed by atoms with E-state index >= 15 is 0 Å². The van der Waals surface area contributed by atoms with Crippen LogP contribution >= 0.6 is 11.5 Å². The van der Waals surface area contributed by atoms with Crippen molar-refractivity contribution in [2.24, 2.45) is 0 Å². The van der Waals surface area contributed by atoms with Crippen LogP contribution < -0.4 is 5.32 Å². The van der Waals surface area contributed by atoms with E-state index < -0.39 is 11.7 Å². The Morgan fingerprint density at radius 1 is 1.40 bits per heavy atom. The predicted molar refractivity (Wildman–Crippen MR) is 61.8 cm³/mol. The summed E-state index contributed by atoms with van der Waals surface area (Å²) in [6.07, 6.45) is -4.12. The topological polar surface area (TPSA) is 81.4 Å². The summed E-state index contributed by atoms with van der Waals surface area (Å²) in [6.45, 7) is 0.432. The van der Waals surface area contributed by atoms with Crippen molar-refractivity contribution in [1.29, 1.82) is 0 Å². The summed E-state index contributed by atoms with van der Waals surface area (Å²) < 4.78 is 43.5. The largest absolute Gasteiger partial charge is 0.414 e. The zero-order valence-corrected chi connectivity index (χ0v) is 10.9. The number of alkyl halides is 3. The van der Waals surface area contributed by atoms with Gasteiger partial charge in [-0.1, -0.05) is 4.49 Å². The van der Waals surface area contributed by atoms with E-state index in [0.717, 1.165) is 16.3 Å². The summed E-state index contributed by atoms with van der Waals surface area (Å²) >= 11 is 1.15. The molecule has 108 valence electrons. The van der Waals surface area contributed by atoms with Crippen molar-refractivity contribution in [3.05, 3.63) is 16.9 Å². The monoisotopic (exact) mass is 305 g/mol. The lowest BCUT2D eigenvalue weighted by Gasteiger charge is -2.28. The highest BCUT2D eigenvalue weighted by molar-refractivity contribution is 7.03. The summed E-state index contributed by atoms with van der Waals surface area (Å²) in [6, 6.07) is 0. The molecule has 0 spiro atoms. The fraction of sp³-hybridized carbons (Fsp3) is 0.667. The quantitative estimate of drug-likeness (QED) is 0.899. The van der Waals surface area contributed by atoms with Gasteiger partial charge in [0.25, 0.3) is 0 Å². The third-order valence-electron chi connectivity index (χ3n) is 3.18. The molecule has 11 heteroatoms. The van der Waals surface area contributed by atoms with Gasteiger partial charge in [0.1, 0.15) is 6.54 Å². The van der Waals surface area contributed by atoms with Crippen molar-refractivity contribution in [3.63, 3.8) is 0 Å². The maximum atomic E-state index is 13.3. The van der Waals surface area contributed by atoms with E-state index in [2.05, 4.69) is 30.3 Å². The number of halogens is 3. The van der Waals surface area contributed by atoms with E-state index in [1.807, 2.05) is 0 Å². The molecule has 1 saturated heterocycles. The highest BCUT2D eigenvalue weighted by atomic mass is 32.1. The molecule has 1 aliphatic heterocycles. The minimum Gasteiger partial charge on any atom is -0.297 e. The Morgan fingerprint density at radius 3 is 2.85 bits per heavy atom. The summed E-state index contributed by atoms with van der Waals surface area (Å²) in [7, 11) is 0. The van der Waals surface area contributed by atoms with Gasteiger partial charge in [-0.15, -0.1) is 15.3 Å². The molecule has 1 N–H and O–H groups in total. The molecule has 1 fully saturated rings. The summed E-state index contributed by atoms with van der Waals surface area (Å²) in [5.74, 6) is -0.342. The molecule has 1 atom stereocenters. The van der Waals surface area contributed by atoms with Crippen LogP contribution in [0.1, 0.15) is 24.4 Å². The van der Waals surface area contributed by atoms with E-state index in [0.29, 0.717) is 12.1 Å². The van der Waals surface area contributed by atoms with Crippen LogP contribution in [-0.4, -0.2) is 42.5 Å². The van der Waals surface area contributed by atoms with Crippen molar-refractivity contribution in [2.45, 2.75) is 31.1 Å². The molecule has 0 aromatic carbocycles. The molecule has 3 rings (SSSR count). The SMILES string of the molecule is FC(F)(F)C1(c2nnn(Cc3csnn3)n2)CCCN1. The Bertz CT molecular complexity index is 573. The maximum absolute atomic E-state index is 13.3. The predicted octanol–water partition coefficient (Wildman–Crippen LogP) is 0.714. The zero-order valence-electron chi connectivity index (χ0n) is 10.1. The molecule has 1 aliphatic rings. The third-order valence-corrected chi connectivity index (χ3v) is 3.74. The van der Waals surface area contributed by atoms with Gasteiger partial charge in [0.2, 0.25) is 5.82 Å². The average molecular weight is 305 g/mol. The van der Waals surface area contributed by atoms with Crippen LogP contribution in [0, 0.1) is 0 Å². The molecule has 2 aromatic rings. The van der Waals surface area contributed by atoms with Crippen LogP contribution in [0.5, 0.6) is 0 Å². The lowest BCUT2D eigenvalue weighted by molar-refractivity contribution is -0.198. The van der Waals surface area contributed by atoms with Crippen molar-refractivity contribution in [1.82, 2.24) is 35.1 Å².